The number of benzene rings is 1. The molecule has 0 bridgehead atoms. The SMILES string of the molecule is CCCCc1ccc([C@H]2CCCN2)cc1.Cl. The molecule has 0 aromatic heterocycles. The van der Waals surface area contributed by atoms with Crippen molar-refractivity contribution in [2.24, 2.45) is 0 Å². The zero-order valence-electron chi connectivity index (χ0n) is 10.0. The highest BCUT2D eigenvalue weighted by Crippen LogP contribution is 2.23. The van der Waals surface area contributed by atoms with E-state index in [9.17, 15) is 0 Å². The van der Waals surface area contributed by atoms with Crippen LogP contribution in [0.1, 0.15) is 49.8 Å². The number of unbranched alkanes of at least 4 members (excludes halogenated alkanes) is 1. The second-order valence-electron chi connectivity index (χ2n) is 4.49. The molecule has 1 nitrogen and oxygen atoms in total. The number of nitrogens with one attached hydrogen (secondary N) is 1. The molecule has 1 aromatic rings. The number of hydrogen-bond donors (Lipinski definition) is 1. The van der Waals surface area contributed by atoms with E-state index >= 15 is 0 Å². The first-order valence-corrected chi connectivity index (χ1v) is 6.22. The van der Waals surface area contributed by atoms with Gasteiger partial charge in [0.05, 0.1) is 0 Å². The zero-order chi connectivity index (χ0) is 10.5. The molecule has 0 saturated carbocycles. The van der Waals surface area contributed by atoms with E-state index in [1.54, 1.807) is 0 Å². The Kier molecular flexibility index (Phi) is 5.86. The summed E-state index contributed by atoms with van der Waals surface area (Å²) < 4.78 is 0. The van der Waals surface area contributed by atoms with E-state index < -0.39 is 0 Å². The minimum absolute atomic E-state index is 0. The first-order chi connectivity index (χ1) is 7.40. The van der Waals surface area contributed by atoms with Crippen LogP contribution in [0.4, 0.5) is 0 Å². The van der Waals surface area contributed by atoms with Crippen molar-refractivity contribution in [3.63, 3.8) is 0 Å². The van der Waals surface area contributed by atoms with Gasteiger partial charge in [-0.05, 0) is 43.4 Å². The molecule has 0 amide bonds. The highest BCUT2D eigenvalue weighted by atomic mass is 35.5. The van der Waals surface area contributed by atoms with Gasteiger partial charge in [-0.15, -0.1) is 12.4 Å². The van der Waals surface area contributed by atoms with Gasteiger partial charge in [-0.2, -0.15) is 0 Å². The third-order valence-electron chi connectivity index (χ3n) is 3.26. The monoisotopic (exact) mass is 239 g/mol. The van der Waals surface area contributed by atoms with Crippen LogP contribution in [0.15, 0.2) is 24.3 Å². The molecule has 2 rings (SSSR count). The smallest absolute Gasteiger partial charge is 0.0320 e. The van der Waals surface area contributed by atoms with E-state index in [4.69, 9.17) is 0 Å². The Balaban J connectivity index is 0.00000128. The van der Waals surface area contributed by atoms with E-state index in [0.29, 0.717) is 6.04 Å². The second kappa shape index (κ2) is 6.93. The largest absolute Gasteiger partial charge is 0.310 e. The highest BCUT2D eigenvalue weighted by molar-refractivity contribution is 5.85. The van der Waals surface area contributed by atoms with E-state index in [1.165, 1.54) is 49.8 Å². The fraction of sp³-hybridized carbons (Fsp3) is 0.571. The van der Waals surface area contributed by atoms with Crippen molar-refractivity contribution < 1.29 is 0 Å². The van der Waals surface area contributed by atoms with Gasteiger partial charge >= 0.3 is 0 Å². The van der Waals surface area contributed by atoms with E-state index in [2.05, 4.69) is 36.5 Å². The molecule has 1 atom stereocenters. The molecular weight excluding hydrogens is 218 g/mol. The molecule has 0 spiro atoms. The van der Waals surface area contributed by atoms with Crippen LogP contribution in [0.2, 0.25) is 0 Å². The summed E-state index contributed by atoms with van der Waals surface area (Å²) in [5, 5.41) is 3.54. The van der Waals surface area contributed by atoms with Crippen molar-refractivity contribution in [2.45, 2.75) is 45.1 Å². The molecule has 16 heavy (non-hydrogen) atoms. The Bertz CT molecular complexity index is 288. The number of aryl methyl sites for hydroxylation is 1. The fourth-order valence-corrected chi connectivity index (χ4v) is 2.27. The molecule has 1 aliphatic heterocycles. The van der Waals surface area contributed by atoms with Gasteiger partial charge in [-0.3, -0.25) is 0 Å². The van der Waals surface area contributed by atoms with Gasteiger partial charge in [0.25, 0.3) is 0 Å². The average Bonchev–Trinajstić information content (AvgIpc) is 2.80. The second-order valence-corrected chi connectivity index (χ2v) is 4.49. The van der Waals surface area contributed by atoms with E-state index in [0.717, 1.165) is 0 Å². The van der Waals surface area contributed by atoms with Gasteiger partial charge in [0.1, 0.15) is 0 Å². The third-order valence-corrected chi connectivity index (χ3v) is 3.26. The molecule has 1 saturated heterocycles. The van der Waals surface area contributed by atoms with Gasteiger partial charge in [-0.1, -0.05) is 37.6 Å². The van der Waals surface area contributed by atoms with Crippen LogP contribution in [-0.4, -0.2) is 6.54 Å². The normalized spacial score (nSPS) is 19.4. The predicted octanol–water partition coefficient (Wildman–Crippen LogP) is 3.88. The maximum absolute atomic E-state index is 3.54. The van der Waals surface area contributed by atoms with Crippen molar-refractivity contribution in [2.75, 3.05) is 6.54 Å². The van der Waals surface area contributed by atoms with Gasteiger partial charge in [0.2, 0.25) is 0 Å². The van der Waals surface area contributed by atoms with E-state index in [1.807, 2.05) is 0 Å². The zero-order valence-corrected chi connectivity index (χ0v) is 10.9. The quantitative estimate of drug-likeness (QED) is 0.841. The lowest BCUT2D eigenvalue weighted by atomic mass is 10.0. The molecule has 1 heterocycles. The van der Waals surface area contributed by atoms with Gasteiger partial charge in [-0.25, -0.2) is 0 Å². The topological polar surface area (TPSA) is 12.0 Å². The summed E-state index contributed by atoms with van der Waals surface area (Å²) >= 11 is 0. The summed E-state index contributed by atoms with van der Waals surface area (Å²) in [6, 6.07) is 9.81. The van der Waals surface area contributed by atoms with Crippen molar-refractivity contribution in [1.82, 2.24) is 5.32 Å². The van der Waals surface area contributed by atoms with Crippen LogP contribution in [0.25, 0.3) is 0 Å². The lowest BCUT2D eigenvalue weighted by Crippen LogP contribution is -2.12. The highest BCUT2D eigenvalue weighted by Gasteiger charge is 2.15. The molecule has 1 aromatic carbocycles. The molecule has 0 radical (unpaired) electrons. The molecule has 2 heteroatoms. The van der Waals surface area contributed by atoms with Crippen molar-refractivity contribution in [3.8, 4) is 0 Å². The van der Waals surface area contributed by atoms with E-state index in [-0.39, 0.29) is 12.4 Å². The summed E-state index contributed by atoms with van der Waals surface area (Å²) in [6.45, 7) is 3.43. The molecule has 0 unspecified atom stereocenters. The molecular formula is C14H22ClN. The Morgan fingerprint density at radius 3 is 2.56 bits per heavy atom. The third kappa shape index (κ3) is 3.50. The number of rotatable bonds is 4. The van der Waals surface area contributed by atoms with Crippen LogP contribution in [0, 0.1) is 0 Å². The number of halogens is 1. The summed E-state index contributed by atoms with van der Waals surface area (Å²) in [5.41, 5.74) is 2.95. The Labute approximate surface area is 105 Å². The van der Waals surface area contributed by atoms with Gasteiger partial charge in [0.15, 0.2) is 0 Å². The first-order valence-electron chi connectivity index (χ1n) is 6.22. The molecule has 1 fully saturated rings. The predicted molar refractivity (Wildman–Crippen MR) is 72.3 cm³/mol. The number of hydrogen-bond acceptors (Lipinski definition) is 1. The maximum Gasteiger partial charge on any atom is 0.0320 e. The summed E-state index contributed by atoms with van der Waals surface area (Å²) in [6.07, 6.45) is 6.44. The van der Waals surface area contributed by atoms with Crippen molar-refractivity contribution >= 4 is 12.4 Å². The van der Waals surface area contributed by atoms with Crippen LogP contribution in [0.5, 0.6) is 0 Å². The average molecular weight is 240 g/mol. The van der Waals surface area contributed by atoms with Crippen LogP contribution < -0.4 is 5.32 Å². The lowest BCUT2D eigenvalue weighted by molar-refractivity contribution is 0.647. The molecule has 1 N–H and O–H groups in total. The molecule has 90 valence electrons. The first kappa shape index (κ1) is 13.5. The Morgan fingerprint density at radius 2 is 2.00 bits per heavy atom. The lowest BCUT2D eigenvalue weighted by Gasteiger charge is -2.11. The maximum atomic E-state index is 3.54. The van der Waals surface area contributed by atoms with Gasteiger partial charge < -0.3 is 5.32 Å². The molecule has 1 aliphatic rings. The fourth-order valence-electron chi connectivity index (χ4n) is 2.27. The standard InChI is InChI=1S/C14H21N.ClH/c1-2-3-5-12-7-9-13(10-8-12)14-6-4-11-15-14;/h7-10,14-15H,2-6,11H2,1H3;1H/t14-;/m1./s1. The molecule has 0 aliphatic carbocycles. The van der Waals surface area contributed by atoms with Crippen LogP contribution in [0.3, 0.4) is 0 Å². The van der Waals surface area contributed by atoms with Gasteiger partial charge in [0, 0.05) is 6.04 Å². The minimum atomic E-state index is 0. The van der Waals surface area contributed by atoms with Crippen LogP contribution >= 0.6 is 12.4 Å². The summed E-state index contributed by atoms with van der Waals surface area (Å²) in [4.78, 5) is 0. The Hall–Kier alpha value is -0.530. The van der Waals surface area contributed by atoms with Crippen molar-refractivity contribution in [1.29, 1.82) is 0 Å². The summed E-state index contributed by atoms with van der Waals surface area (Å²) in [5.74, 6) is 0. The Morgan fingerprint density at radius 1 is 1.25 bits per heavy atom. The van der Waals surface area contributed by atoms with Crippen molar-refractivity contribution in [3.05, 3.63) is 35.4 Å². The summed E-state index contributed by atoms with van der Waals surface area (Å²) in [7, 11) is 0. The minimum Gasteiger partial charge on any atom is -0.310 e. The van der Waals surface area contributed by atoms with Crippen LogP contribution in [-0.2, 0) is 6.42 Å².